The topological polar surface area (TPSA) is 29.5 Å². The highest BCUT2D eigenvalue weighted by Gasteiger charge is 2.28. The van der Waals surface area contributed by atoms with Crippen LogP contribution in [0.3, 0.4) is 0 Å². The fourth-order valence-electron chi connectivity index (χ4n) is 2.08. The summed E-state index contributed by atoms with van der Waals surface area (Å²) in [5.74, 6) is 0.454. The first kappa shape index (κ1) is 11.9. The van der Waals surface area contributed by atoms with E-state index in [1.807, 2.05) is 35.2 Å². The van der Waals surface area contributed by atoms with E-state index >= 15 is 0 Å². The van der Waals surface area contributed by atoms with Crippen molar-refractivity contribution in [1.29, 1.82) is 0 Å². The van der Waals surface area contributed by atoms with Crippen molar-refractivity contribution < 1.29 is 9.53 Å². The summed E-state index contributed by atoms with van der Waals surface area (Å²) in [6, 6.07) is 7.93. The fourth-order valence-corrected chi connectivity index (χ4v) is 2.08. The lowest BCUT2D eigenvalue weighted by atomic mass is 10.1. The smallest absolute Gasteiger partial charge is 0.227 e. The maximum atomic E-state index is 11.8. The quantitative estimate of drug-likeness (QED) is 0.744. The molecule has 0 aliphatic carbocycles. The zero-order chi connectivity index (χ0) is 12.3. The molecule has 3 heteroatoms. The van der Waals surface area contributed by atoms with Crippen molar-refractivity contribution in [1.82, 2.24) is 0 Å². The van der Waals surface area contributed by atoms with Gasteiger partial charge in [-0.3, -0.25) is 4.79 Å². The van der Waals surface area contributed by atoms with Gasteiger partial charge in [-0.2, -0.15) is 0 Å². The molecule has 1 aliphatic heterocycles. The van der Waals surface area contributed by atoms with Crippen LogP contribution in [0.2, 0.25) is 0 Å². The molecule has 1 heterocycles. The third-order valence-electron chi connectivity index (χ3n) is 3.05. The van der Waals surface area contributed by atoms with Gasteiger partial charge in [0, 0.05) is 31.7 Å². The first-order chi connectivity index (χ1) is 8.24. The van der Waals surface area contributed by atoms with Crippen molar-refractivity contribution >= 4 is 11.6 Å². The van der Waals surface area contributed by atoms with Crippen LogP contribution in [0.25, 0.3) is 0 Å². The first-order valence-electron chi connectivity index (χ1n) is 5.75. The van der Waals surface area contributed by atoms with Gasteiger partial charge in [0.25, 0.3) is 0 Å². The van der Waals surface area contributed by atoms with Crippen LogP contribution in [0.15, 0.2) is 36.9 Å². The lowest BCUT2D eigenvalue weighted by Gasteiger charge is -2.16. The van der Waals surface area contributed by atoms with E-state index in [0.29, 0.717) is 13.0 Å². The molecule has 1 atom stereocenters. The number of hydrogen-bond donors (Lipinski definition) is 0. The third-order valence-corrected chi connectivity index (χ3v) is 3.05. The SMILES string of the molecule is C=CC1CC(=O)N(c2ccc(COC)cc2)C1. The van der Waals surface area contributed by atoms with E-state index in [1.165, 1.54) is 0 Å². The zero-order valence-corrected chi connectivity index (χ0v) is 10.1. The molecule has 1 fully saturated rings. The van der Waals surface area contributed by atoms with E-state index in [-0.39, 0.29) is 11.8 Å². The second-order valence-corrected chi connectivity index (χ2v) is 4.30. The number of carbonyl (C=O) groups excluding carboxylic acids is 1. The van der Waals surface area contributed by atoms with Crippen LogP contribution in [0, 0.1) is 5.92 Å². The minimum absolute atomic E-state index is 0.175. The molecular formula is C14H17NO2. The molecule has 0 N–H and O–H groups in total. The molecule has 1 saturated heterocycles. The van der Waals surface area contributed by atoms with Crippen molar-refractivity contribution in [3.63, 3.8) is 0 Å². The summed E-state index contributed by atoms with van der Waals surface area (Å²) in [7, 11) is 1.67. The van der Waals surface area contributed by atoms with Crippen LogP contribution in [-0.4, -0.2) is 19.6 Å². The second-order valence-electron chi connectivity index (χ2n) is 4.30. The molecule has 1 aliphatic rings. The largest absolute Gasteiger partial charge is 0.380 e. The Hall–Kier alpha value is -1.61. The van der Waals surface area contributed by atoms with Crippen LogP contribution >= 0.6 is 0 Å². The highest BCUT2D eigenvalue weighted by atomic mass is 16.5. The number of methoxy groups -OCH3 is 1. The van der Waals surface area contributed by atoms with Gasteiger partial charge >= 0.3 is 0 Å². The van der Waals surface area contributed by atoms with Gasteiger partial charge < -0.3 is 9.64 Å². The fraction of sp³-hybridized carbons (Fsp3) is 0.357. The average molecular weight is 231 g/mol. The Bertz CT molecular complexity index is 411. The number of amides is 1. The summed E-state index contributed by atoms with van der Waals surface area (Å²) < 4.78 is 5.06. The van der Waals surface area contributed by atoms with Crippen LogP contribution < -0.4 is 4.90 Å². The molecule has 0 saturated carbocycles. The van der Waals surface area contributed by atoms with Gasteiger partial charge in [0.05, 0.1) is 6.61 Å². The maximum absolute atomic E-state index is 11.8. The Labute approximate surface area is 102 Å². The third kappa shape index (κ3) is 2.56. The molecule has 0 aromatic heterocycles. The van der Waals surface area contributed by atoms with E-state index in [1.54, 1.807) is 7.11 Å². The Kier molecular flexibility index (Phi) is 3.59. The van der Waals surface area contributed by atoms with E-state index in [2.05, 4.69) is 6.58 Å². The molecule has 3 nitrogen and oxygen atoms in total. The van der Waals surface area contributed by atoms with E-state index in [4.69, 9.17) is 4.74 Å². The van der Waals surface area contributed by atoms with E-state index < -0.39 is 0 Å². The number of benzene rings is 1. The number of rotatable bonds is 4. The minimum Gasteiger partial charge on any atom is -0.380 e. The van der Waals surface area contributed by atoms with Gasteiger partial charge in [-0.15, -0.1) is 6.58 Å². The van der Waals surface area contributed by atoms with Crippen molar-refractivity contribution in [2.75, 3.05) is 18.6 Å². The predicted octanol–water partition coefficient (Wildman–Crippen LogP) is 2.37. The van der Waals surface area contributed by atoms with E-state index in [0.717, 1.165) is 17.8 Å². The lowest BCUT2D eigenvalue weighted by molar-refractivity contribution is -0.117. The highest BCUT2D eigenvalue weighted by molar-refractivity contribution is 5.95. The maximum Gasteiger partial charge on any atom is 0.227 e. The van der Waals surface area contributed by atoms with Gasteiger partial charge in [-0.05, 0) is 17.7 Å². The Morgan fingerprint density at radius 2 is 2.18 bits per heavy atom. The summed E-state index contributed by atoms with van der Waals surface area (Å²) in [6.07, 6.45) is 2.43. The zero-order valence-electron chi connectivity index (χ0n) is 10.1. The molecule has 1 unspecified atom stereocenters. The number of anilines is 1. The summed E-state index contributed by atoms with van der Waals surface area (Å²) in [4.78, 5) is 13.6. The van der Waals surface area contributed by atoms with Gasteiger partial charge in [-0.25, -0.2) is 0 Å². The van der Waals surface area contributed by atoms with Crippen molar-refractivity contribution in [2.24, 2.45) is 5.92 Å². The highest BCUT2D eigenvalue weighted by Crippen LogP contribution is 2.25. The number of hydrogen-bond acceptors (Lipinski definition) is 2. The number of nitrogens with zero attached hydrogens (tertiary/aromatic N) is 1. The minimum atomic E-state index is 0.175. The van der Waals surface area contributed by atoms with Crippen LogP contribution in [-0.2, 0) is 16.1 Å². The molecule has 17 heavy (non-hydrogen) atoms. The predicted molar refractivity (Wildman–Crippen MR) is 67.8 cm³/mol. The van der Waals surface area contributed by atoms with Crippen molar-refractivity contribution in [2.45, 2.75) is 13.0 Å². The summed E-state index contributed by atoms with van der Waals surface area (Å²) in [6.45, 7) is 5.09. The van der Waals surface area contributed by atoms with Gasteiger partial charge in [-0.1, -0.05) is 18.2 Å². The summed E-state index contributed by atoms with van der Waals surface area (Å²) in [5.41, 5.74) is 2.07. The Morgan fingerprint density at radius 3 is 2.71 bits per heavy atom. The Balaban J connectivity index is 2.12. The normalized spacial score (nSPS) is 19.7. The molecule has 0 radical (unpaired) electrons. The first-order valence-corrected chi connectivity index (χ1v) is 5.75. The average Bonchev–Trinajstić information content (AvgIpc) is 2.72. The van der Waals surface area contributed by atoms with Gasteiger partial charge in [0.2, 0.25) is 5.91 Å². The monoisotopic (exact) mass is 231 g/mol. The lowest BCUT2D eigenvalue weighted by Crippen LogP contribution is -2.24. The molecule has 1 aromatic carbocycles. The molecule has 1 aromatic rings. The van der Waals surface area contributed by atoms with E-state index in [9.17, 15) is 4.79 Å². The van der Waals surface area contributed by atoms with Crippen LogP contribution in [0.1, 0.15) is 12.0 Å². The number of ether oxygens (including phenoxy) is 1. The molecular weight excluding hydrogens is 214 g/mol. The molecule has 1 amide bonds. The standard InChI is InChI=1S/C14H17NO2/c1-3-11-8-14(16)15(9-11)13-6-4-12(5-7-13)10-17-2/h3-7,11H,1,8-10H2,2H3. The number of carbonyl (C=O) groups is 1. The summed E-state index contributed by atoms with van der Waals surface area (Å²) in [5, 5.41) is 0. The van der Waals surface area contributed by atoms with Crippen molar-refractivity contribution in [3.05, 3.63) is 42.5 Å². The molecule has 0 spiro atoms. The van der Waals surface area contributed by atoms with Crippen LogP contribution in [0.5, 0.6) is 0 Å². The van der Waals surface area contributed by atoms with Gasteiger partial charge in [0.1, 0.15) is 0 Å². The molecule has 90 valence electrons. The van der Waals surface area contributed by atoms with Crippen molar-refractivity contribution in [3.8, 4) is 0 Å². The Morgan fingerprint density at radius 1 is 1.47 bits per heavy atom. The molecule has 0 bridgehead atoms. The summed E-state index contributed by atoms with van der Waals surface area (Å²) >= 11 is 0. The van der Waals surface area contributed by atoms with Gasteiger partial charge in [0.15, 0.2) is 0 Å². The van der Waals surface area contributed by atoms with Crippen LogP contribution in [0.4, 0.5) is 5.69 Å². The molecule has 2 rings (SSSR count). The second kappa shape index (κ2) is 5.15.